The summed E-state index contributed by atoms with van der Waals surface area (Å²) in [5.41, 5.74) is -1.02. The van der Waals surface area contributed by atoms with E-state index in [9.17, 15) is 18.4 Å². The predicted molar refractivity (Wildman–Crippen MR) is 78.8 cm³/mol. The van der Waals surface area contributed by atoms with Crippen molar-refractivity contribution < 1.29 is 37.7 Å². The first-order valence-electron chi connectivity index (χ1n) is 8.90. The standard InChI is InChI=1S/C17H22F2O6/c18-16(19,13(20)21)14(22)25-15-7-10-5-11(8-15)17(12(6-10)9-15)23-3-1-2-4-24-17/h10-12H,1-9H2,(H,20,21). The van der Waals surface area contributed by atoms with Gasteiger partial charge in [0, 0.05) is 11.8 Å². The van der Waals surface area contributed by atoms with Crippen LogP contribution >= 0.6 is 0 Å². The Labute approximate surface area is 143 Å². The number of esters is 1. The molecule has 1 saturated heterocycles. The number of carbonyl (C=O) groups excluding carboxylic acids is 1. The number of hydrogen-bond donors (Lipinski definition) is 1. The number of rotatable bonds is 3. The number of alkyl halides is 2. The highest BCUT2D eigenvalue weighted by molar-refractivity contribution is 6.00. The second kappa shape index (κ2) is 5.61. The van der Waals surface area contributed by atoms with Crippen molar-refractivity contribution in [3.8, 4) is 0 Å². The second-order valence-electron chi connectivity index (χ2n) is 7.92. The Kier molecular flexibility index (Phi) is 3.85. The molecule has 5 fully saturated rings. The van der Waals surface area contributed by atoms with Crippen LogP contribution in [0.1, 0.15) is 44.9 Å². The van der Waals surface area contributed by atoms with E-state index in [1.54, 1.807) is 0 Å². The quantitative estimate of drug-likeness (QED) is 0.615. The minimum Gasteiger partial charge on any atom is -0.476 e. The van der Waals surface area contributed by atoms with Crippen LogP contribution in [0.15, 0.2) is 0 Å². The smallest absolute Gasteiger partial charge is 0.437 e. The summed E-state index contributed by atoms with van der Waals surface area (Å²) >= 11 is 0. The largest absolute Gasteiger partial charge is 0.476 e. The van der Waals surface area contributed by atoms with Gasteiger partial charge in [0.1, 0.15) is 5.60 Å². The van der Waals surface area contributed by atoms with Gasteiger partial charge in [-0.15, -0.1) is 0 Å². The topological polar surface area (TPSA) is 82.1 Å². The third-order valence-corrected chi connectivity index (χ3v) is 6.30. The molecule has 1 spiro atoms. The fourth-order valence-electron chi connectivity index (χ4n) is 5.51. The molecular weight excluding hydrogens is 338 g/mol. The van der Waals surface area contributed by atoms with E-state index < -0.39 is 29.2 Å². The van der Waals surface area contributed by atoms with Crippen molar-refractivity contribution >= 4 is 11.9 Å². The zero-order chi connectivity index (χ0) is 17.9. The van der Waals surface area contributed by atoms with Crippen LogP contribution in [0.5, 0.6) is 0 Å². The minimum atomic E-state index is -4.52. The minimum absolute atomic E-state index is 0.0110. The van der Waals surface area contributed by atoms with Crippen molar-refractivity contribution in [3.05, 3.63) is 0 Å². The van der Waals surface area contributed by atoms with E-state index >= 15 is 0 Å². The molecule has 2 unspecified atom stereocenters. The van der Waals surface area contributed by atoms with Gasteiger partial charge in [-0.2, -0.15) is 8.78 Å². The van der Waals surface area contributed by atoms with Crippen LogP contribution < -0.4 is 0 Å². The monoisotopic (exact) mass is 360 g/mol. The number of ether oxygens (including phenoxy) is 3. The summed E-state index contributed by atoms with van der Waals surface area (Å²) in [4.78, 5) is 22.4. The predicted octanol–water partition coefficient (Wildman–Crippen LogP) is 2.35. The maximum absolute atomic E-state index is 13.5. The Bertz CT molecular complexity index is 566. The lowest BCUT2D eigenvalue weighted by molar-refractivity contribution is -0.351. The van der Waals surface area contributed by atoms with Crippen LogP contribution in [0.4, 0.5) is 8.78 Å². The van der Waals surface area contributed by atoms with Crippen LogP contribution in [0.25, 0.3) is 0 Å². The van der Waals surface area contributed by atoms with Crippen molar-refractivity contribution in [3.63, 3.8) is 0 Å². The maximum atomic E-state index is 13.5. The Hall–Kier alpha value is -1.28. The highest BCUT2D eigenvalue weighted by atomic mass is 19.3. The van der Waals surface area contributed by atoms with Gasteiger partial charge < -0.3 is 19.3 Å². The van der Waals surface area contributed by atoms with Crippen molar-refractivity contribution in [1.82, 2.24) is 0 Å². The molecule has 5 aliphatic rings. The van der Waals surface area contributed by atoms with Gasteiger partial charge in [-0.3, -0.25) is 0 Å². The molecule has 0 aromatic rings. The molecule has 25 heavy (non-hydrogen) atoms. The number of halogens is 2. The molecule has 1 heterocycles. The molecule has 1 N–H and O–H groups in total. The number of carbonyl (C=O) groups is 2. The van der Waals surface area contributed by atoms with Crippen LogP contribution in [-0.2, 0) is 23.8 Å². The third kappa shape index (κ3) is 2.56. The van der Waals surface area contributed by atoms with E-state index in [1.807, 2.05) is 0 Å². The molecule has 140 valence electrons. The van der Waals surface area contributed by atoms with Gasteiger partial charge >= 0.3 is 17.9 Å². The number of carboxylic acid groups (broad SMARTS) is 1. The summed E-state index contributed by atoms with van der Waals surface area (Å²) in [6.45, 7) is 1.23. The molecule has 0 amide bonds. The summed E-state index contributed by atoms with van der Waals surface area (Å²) in [6, 6.07) is 0. The molecule has 8 heteroatoms. The maximum Gasteiger partial charge on any atom is 0.437 e. The van der Waals surface area contributed by atoms with Gasteiger partial charge in [-0.1, -0.05) is 0 Å². The van der Waals surface area contributed by atoms with Crippen LogP contribution in [-0.4, -0.2) is 47.6 Å². The molecule has 1 aliphatic heterocycles. The van der Waals surface area contributed by atoms with Gasteiger partial charge in [0.2, 0.25) is 0 Å². The second-order valence-corrected chi connectivity index (χ2v) is 7.92. The summed E-state index contributed by atoms with van der Waals surface area (Å²) in [5.74, 6) is -9.40. The molecule has 2 atom stereocenters. The zero-order valence-corrected chi connectivity index (χ0v) is 13.8. The molecule has 5 rings (SSSR count). The van der Waals surface area contributed by atoms with Crippen molar-refractivity contribution in [2.24, 2.45) is 17.8 Å². The van der Waals surface area contributed by atoms with Gasteiger partial charge in [-0.05, 0) is 50.9 Å². The summed E-state index contributed by atoms with van der Waals surface area (Å²) in [6.07, 6.45) is 4.88. The van der Waals surface area contributed by atoms with E-state index in [2.05, 4.69) is 0 Å². The van der Waals surface area contributed by atoms with Crippen LogP contribution in [0.3, 0.4) is 0 Å². The average Bonchev–Trinajstić information content (AvgIpc) is 2.78. The zero-order valence-electron chi connectivity index (χ0n) is 13.8. The molecular formula is C17H22F2O6. The normalized spacial score (nSPS) is 39.2. The van der Waals surface area contributed by atoms with Gasteiger partial charge in [-0.25, -0.2) is 9.59 Å². The average molecular weight is 360 g/mol. The summed E-state index contributed by atoms with van der Waals surface area (Å²) in [5, 5.41) is 8.56. The summed E-state index contributed by atoms with van der Waals surface area (Å²) in [7, 11) is 0. The van der Waals surface area contributed by atoms with E-state index in [1.165, 1.54) is 0 Å². The van der Waals surface area contributed by atoms with Crippen molar-refractivity contribution in [2.45, 2.75) is 62.3 Å². The van der Waals surface area contributed by atoms with Crippen molar-refractivity contribution in [1.29, 1.82) is 0 Å². The number of aliphatic carboxylic acids is 1. The first-order valence-corrected chi connectivity index (χ1v) is 8.90. The number of hydrogen-bond acceptors (Lipinski definition) is 5. The molecule has 4 bridgehead atoms. The first-order chi connectivity index (χ1) is 11.8. The summed E-state index contributed by atoms with van der Waals surface area (Å²) < 4.78 is 44.4. The van der Waals surface area contributed by atoms with Crippen molar-refractivity contribution in [2.75, 3.05) is 13.2 Å². The molecule has 4 saturated carbocycles. The fraction of sp³-hybridized carbons (Fsp3) is 0.882. The van der Waals surface area contributed by atoms with E-state index in [-0.39, 0.29) is 17.8 Å². The van der Waals surface area contributed by atoms with E-state index in [0.29, 0.717) is 32.5 Å². The Balaban J connectivity index is 1.57. The Morgan fingerprint density at radius 3 is 2.12 bits per heavy atom. The van der Waals surface area contributed by atoms with Gasteiger partial charge in [0.25, 0.3) is 0 Å². The van der Waals surface area contributed by atoms with E-state index in [4.69, 9.17) is 19.3 Å². The highest BCUT2D eigenvalue weighted by Crippen LogP contribution is 2.63. The molecule has 4 aliphatic carbocycles. The van der Waals surface area contributed by atoms with Crippen LogP contribution in [0.2, 0.25) is 0 Å². The van der Waals surface area contributed by atoms with Gasteiger partial charge in [0.15, 0.2) is 5.79 Å². The van der Waals surface area contributed by atoms with Crippen LogP contribution in [0, 0.1) is 17.8 Å². The lowest BCUT2D eigenvalue weighted by Gasteiger charge is -2.63. The van der Waals surface area contributed by atoms with Gasteiger partial charge in [0.05, 0.1) is 13.2 Å². The van der Waals surface area contributed by atoms with E-state index in [0.717, 1.165) is 25.7 Å². The first kappa shape index (κ1) is 17.1. The Morgan fingerprint density at radius 1 is 1.04 bits per heavy atom. The Morgan fingerprint density at radius 2 is 1.60 bits per heavy atom. The highest BCUT2D eigenvalue weighted by Gasteiger charge is 2.66. The molecule has 0 aromatic carbocycles. The SMILES string of the molecule is O=C(O)C(F)(F)C(=O)OC12CC3CC(C1)C1(OCCCCO1)C(C3)C2. The molecule has 0 aromatic heterocycles. The number of carboxylic acids is 1. The lowest BCUT2D eigenvalue weighted by atomic mass is 9.51. The lowest BCUT2D eigenvalue weighted by Crippen LogP contribution is -2.66. The molecule has 6 nitrogen and oxygen atoms in total. The third-order valence-electron chi connectivity index (χ3n) is 6.30. The fourth-order valence-corrected chi connectivity index (χ4v) is 5.51. The molecule has 0 radical (unpaired) electrons.